The topological polar surface area (TPSA) is 237 Å². The molecule has 3 N–H and O–H groups in total. The summed E-state index contributed by atoms with van der Waals surface area (Å²) in [6.45, 7) is 9.41. The number of hydrogen-bond acceptors (Lipinski definition) is 15. The van der Waals surface area contributed by atoms with Crippen molar-refractivity contribution in [3.05, 3.63) is 0 Å². The van der Waals surface area contributed by atoms with Gasteiger partial charge >= 0.3 is 39.5 Å². The van der Waals surface area contributed by atoms with Crippen LogP contribution in [0, 0.1) is 11.8 Å². The average molecular weight is 1230 g/mol. The van der Waals surface area contributed by atoms with E-state index in [2.05, 4.69) is 41.5 Å². The van der Waals surface area contributed by atoms with Crippen LogP contribution in [-0.2, 0) is 65.4 Å². The Morgan fingerprint density at radius 2 is 0.614 bits per heavy atom. The Hall–Kier alpha value is -1.94. The van der Waals surface area contributed by atoms with E-state index in [1.807, 2.05) is 0 Å². The van der Waals surface area contributed by atoms with E-state index in [0.29, 0.717) is 25.7 Å². The predicted molar refractivity (Wildman–Crippen MR) is 331 cm³/mol. The van der Waals surface area contributed by atoms with E-state index in [0.717, 1.165) is 115 Å². The number of rotatable bonds is 63. The summed E-state index contributed by atoms with van der Waals surface area (Å²) in [6, 6.07) is 0. The van der Waals surface area contributed by atoms with E-state index >= 15 is 0 Å². The Labute approximate surface area is 505 Å². The van der Waals surface area contributed by atoms with Crippen LogP contribution in [0.2, 0.25) is 0 Å². The fourth-order valence-electron chi connectivity index (χ4n) is 9.50. The summed E-state index contributed by atoms with van der Waals surface area (Å²) in [5, 5.41) is 10.5. The number of ether oxygens (including phenoxy) is 4. The van der Waals surface area contributed by atoms with E-state index in [9.17, 15) is 43.2 Å². The number of phosphoric ester groups is 2. The van der Waals surface area contributed by atoms with Gasteiger partial charge in [-0.3, -0.25) is 37.3 Å². The Kier molecular flexibility index (Phi) is 55.2. The molecule has 0 amide bonds. The molecule has 492 valence electrons. The van der Waals surface area contributed by atoms with Crippen molar-refractivity contribution in [2.24, 2.45) is 11.8 Å². The minimum absolute atomic E-state index is 0.104. The smallest absolute Gasteiger partial charge is 0.462 e. The number of hydrogen-bond donors (Lipinski definition) is 3. The monoisotopic (exact) mass is 1230 g/mol. The van der Waals surface area contributed by atoms with Gasteiger partial charge in [-0.25, -0.2) is 9.13 Å². The van der Waals surface area contributed by atoms with Gasteiger partial charge in [-0.05, 0) is 37.5 Å². The first kappa shape index (κ1) is 81.1. The Bertz CT molecular complexity index is 1630. The van der Waals surface area contributed by atoms with Gasteiger partial charge in [0.25, 0.3) is 0 Å². The van der Waals surface area contributed by atoms with Gasteiger partial charge < -0.3 is 33.8 Å². The second-order valence-electron chi connectivity index (χ2n) is 23.9. The molecule has 19 heteroatoms. The first-order valence-corrected chi connectivity index (χ1v) is 36.5. The van der Waals surface area contributed by atoms with Crippen molar-refractivity contribution in [3.63, 3.8) is 0 Å². The molecule has 0 rings (SSSR count). The molecule has 0 aliphatic carbocycles. The van der Waals surface area contributed by atoms with Crippen LogP contribution >= 0.6 is 15.6 Å². The van der Waals surface area contributed by atoms with Gasteiger partial charge in [-0.15, -0.1) is 0 Å². The molecule has 3 unspecified atom stereocenters. The molecule has 0 aliphatic heterocycles. The zero-order valence-corrected chi connectivity index (χ0v) is 55.3. The molecule has 0 saturated carbocycles. The Balaban J connectivity index is 5.14. The summed E-state index contributed by atoms with van der Waals surface area (Å²) in [5.74, 6) is -0.567. The molecule has 0 spiro atoms. The highest BCUT2D eigenvalue weighted by Gasteiger charge is 2.30. The molecule has 0 radical (unpaired) electrons. The highest BCUT2D eigenvalue weighted by Crippen LogP contribution is 2.45. The van der Waals surface area contributed by atoms with Crippen LogP contribution in [0.4, 0.5) is 0 Å². The van der Waals surface area contributed by atoms with E-state index < -0.39 is 97.5 Å². The number of phosphoric acid groups is 2. The SMILES string of the molecule is CCCCCCCCCCC(=O)O[C@H](COC(=O)CCCCCCC)COP(=O)(O)OC[C@H](O)COP(=O)(O)OC[C@@H](COC(=O)CCCCCCCCCCC(C)CC)OC(=O)CCCCCCCCCCCCCCCCCC(C)C. The Morgan fingerprint density at radius 3 is 0.916 bits per heavy atom. The standard InChI is InChI=1S/C64H124O17P2/c1-7-10-12-14-15-29-36-42-48-63(68)80-59(52-74-61(66)46-40-32-13-11-8-2)54-78-82(70,71)76-50-58(65)51-77-83(72,73)79-55-60(53-75-62(67)47-41-35-30-26-25-28-34-39-45-57(6)9-3)81-64(69)49-43-37-31-24-22-20-18-16-17-19-21-23-27-33-38-44-56(4)5/h56-60,65H,7-55H2,1-6H3,(H,70,71)(H,72,73)/t57?,58-,59+,60+/m0/s1. The minimum Gasteiger partial charge on any atom is -0.462 e. The predicted octanol–water partition coefficient (Wildman–Crippen LogP) is 17.7. The van der Waals surface area contributed by atoms with Crippen molar-refractivity contribution in [3.8, 4) is 0 Å². The van der Waals surface area contributed by atoms with Gasteiger partial charge in [-0.1, -0.05) is 266 Å². The number of carbonyl (C=O) groups excluding carboxylic acids is 4. The first-order chi connectivity index (χ1) is 39.9. The quantitative estimate of drug-likeness (QED) is 0.0222. The highest BCUT2D eigenvalue weighted by molar-refractivity contribution is 7.47. The molecule has 0 aliphatic rings. The van der Waals surface area contributed by atoms with Crippen LogP contribution < -0.4 is 0 Å². The summed E-state index contributed by atoms with van der Waals surface area (Å²) in [4.78, 5) is 71.9. The molecular formula is C64H124O17P2. The third-order valence-corrected chi connectivity index (χ3v) is 17.0. The molecule has 17 nitrogen and oxygen atoms in total. The van der Waals surface area contributed by atoms with E-state index in [1.54, 1.807) is 0 Å². The lowest BCUT2D eigenvalue weighted by molar-refractivity contribution is -0.161. The zero-order valence-electron chi connectivity index (χ0n) is 53.5. The van der Waals surface area contributed by atoms with Gasteiger partial charge in [0.2, 0.25) is 0 Å². The van der Waals surface area contributed by atoms with E-state index in [1.165, 1.54) is 122 Å². The van der Waals surface area contributed by atoms with Crippen LogP contribution in [0.25, 0.3) is 0 Å². The maximum Gasteiger partial charge on any atom is 0.472 e. The van der Waals surface area contributed by atoms with Crippen LogP contribution in [0.3, 0.4) is 0 Å². The van der Waals surface area contributed by atoms with Crippen LogP contribution in [-0.4, -0.2) is 96.7 Å². The molecule has 6 atom stereocenters. The zero-order chi connectivity index (χ0) is 61.5. The van der Waals surface area contributed by atoms with Gasteiger partial charge in [-0.2, -0.15) is 0 Å². The molecule has 0 aromatic rings. The van der Waals surface area contributed by atoms with E-state index in [4.69, 9.17) is 37.0 Å². The molecule has 0 bridgehead atoms. The second kappa shape index (κ2) is 56.6. The van der Waals surface area contributed by atoms with Crippen molar-refractivity contribution < 1.29 is 80.2 Å². The van der Waals surface area contributed by atoms with Crippen molar-refractivity contribution in [1.29, 1.82) is 0 Å². The lowest BCUT2D eigenvalue weighted by Gasteiger charge is -2.21. The molecule has 83 heavy (non-hydrogen) atoms. The summed E-state index contributed by atoms with van der Waals surface area (Å²) >= 11 is 0. The third kappa shape index (κ3) is 57.6. The van der Waals surface area contributed by atoms with Crippen LogP contribution in [0.5, 0.6) is 0 Å². The maximum atomic E-state index is 13.0. The number of esters is 4. The number of unbranched alkanes of at least 4 members (excludes halogenated alkanes) is 32. The van der Waals surface area contributed by atoms with E-state index in [-0.39, 0.29) is 25.7 Å². The summed E-state index contributed by atoms with van der Waals surface area (Å²) in [5.41, 5.74) is 0. The molecule has 0 aromatic heterocycles. The summed E-state index contributed by atoms with van der Waals surface area (Å²) in [7, 11) is -9.87. The molecule has 0 fully saturated rings. The second-order valence-corrected chi connectivity index (χ2v) is 26.8. The lowest BCUT2D eigenvalue weighted by atomic mass is 9.99. The van der Waals surface area contributed by atoms with Gasteiger partial charge in [0.15, 0.2) is 12.2 Å². The molecule has 0 heterocycles. The van der Waals surface area contributed by atoms with Crippen molar-refractivity contribution in [1.82, 2.24) is 0 Å². The van der Waals surface area contributed by atoms with Gasteiger partial charge in [0.05, 0.1) is 26.4 Å². The normalized spacial score (nSPS) is 14.6. The van der Waals surface area contributed by atoms with Crippen molar-refractivity contribution in [2.75, 3.05) is 39.6 Å². The number of aliphatic hydroxyl groups excluding tert-OH is 1. The fraction of sp³-hybridized carbons (Fsp3) is 0.938. The fourth-order valence-corrected chi connectivity index (χ4v) is 11.1. The summed E-state index contributed by atoms with van der Waals surface area (Å²) in [6.07, 6.45) is 39.4. The summed E-state index contributed by atoms with van der Waals surface area (Å²) < 4.78 is 67.7. The third-order valence-electron chi connectivity index (χ3n) is 15.1. The number of aliphatic hydroxyl groups is 1. The highest BCUT2D eigenvalue weighted by atomic mass is 31.2. The Morgan fingerprint density at radius 1 is 0.349 bits per heavy atom. The first-order valence-electron chi connectivity index (χ1n) is 33.5. The lowest BCUT2D eigenvalue weighted by Crippen LogP contribution is -2.30. The van der Waals surface area contributed by atoms with Gasteiger partial charge in [0.1, 0.15) is 19.3 Å². The number of carbonyl (C=O) groups is 4. The molecular weight excluding hydrogens is 1100 g/mol. The average Bonchev–Trinajstić information content (AvgIpc) is 3.48. The molecule has 0 aromatic carbocycles. The van der Waals surface area contributed by atoms with Crippen molar-refractivity contribution in [2.45, 2.75) is 336 Å². The van der Waals surface area contributed by atoms with Gasteiger partial charge in [0, 0.05) is 25.7 Å². The minimum atomic E-state index is -4.94. The maximum absolute atomic E-state index is 13.0. The largest absolute Gasteiger partial charge is 0.472 e. The molecule has 0 saturated heterocycles. The van der Waals surface area contributed by atoms with Crippen LogP contribution in [0.1, 0.15) is 318 Å². The van der Waals surface area contributed by atoms with Crippen molar-refractivity contribution >= 4 is 39.5 Å². The van der Waals surface area contributed by atoms with Crippen LogP contribution in [0.15, 0.2) is 0 Å².